The molecule has 1 amide bonds. The summed E-state index contributed by atoms with van der Waals surface area (Å²) in [6.45, 7) is 15.9. The number of amides is 1. The zero-order valence-corrected chi connectivity index (χ0v) is 20.6. The zero-order valence-electron chi connectivity index (χ0n) is 20.6. The number of hydrogen-bond donors (Lipinski definition) is 4. The molecule has 33 heavy (non-hydrogen) atoms. The van der Waals surface area contributed by atoms with Crippen molar-refractivity contribution in [3.05, 3.63) is 54.3 Å². The van der Waals surface area contributed by atoms with Crippen molar-refractivity contribution in [2.45, 2.75) is 70.6 Å². The molecule has 0 saturated heterocycles. The van der Waals surface area contributed by atoms with Crippen LogP contribution in [0.3, 0.4) is 0 Å². The number of aliphatic hydroxyl groups excluding tert-OH is 2. The number of benzene rings is 1. The molecule has 1 aliphatic rings. The standard InChI is InChI=1S/C27H39N3O3/c1-8-27(6,12-11-22(32)16(2)3)20-9-10-21-23-18(14-28-24(20)23)13-19(15-31)29-26(33)25(17(4)5)30(21)7/h8-10,14,17,19,22,25,28,31-32H,1-2,11-13,15H2,3-7H3,(H,29,33). The highest BCUT2D eigenvalue weighted by Crippen LogP contribution is 2.41. The van der Waals surface area contributed by atoms with Crippen molar-refractivity contribution in [3.63, 3.8) is 0 Å². The quantitative estimate of drug-likeness (QED) is 0.458. The van der Waals surface area contributed by atoms with E-state index in [0.29, 0.717) is 12.8 Å². The molecule has 0 spiro atoms. The highest BCUT2D eigenvalue weighted by molar-refractivity contribution is 6.00. The van der Waals surface area contributed by atoms with E-state index in [0.717, 1.165) is 39.7 Å². The first kappa shape index (κ1) is 25.1. The Bertz CT molecular complexity index is 1040. The molecule has 4 N–H and O–H groups in total. The lowest BCUT2D eigenvalue weighted by Gasteiger charge is -2.34. The number of aliphatic hydroxyl groups is 2. The van der Waals surface area contributed by atoms with Crippen molar-refractivity contribution in [1.29, 1.82) is 0 Å². The number of carbonyl (C=O) groups is 1. The number of nitrogens with one attached hydrogen (secondary N) is 2. The molecule has 4 unspecified atom stereocenters. The summed E-state index contributed by atoms with van der Waals surface area (Å²) in [5.74, 6) is 0.0225. The molecule has 3 rings (SSSR count). The number of anilines is 1. The average molecular weight is 454 g/mol. The number of rotatable bonds is 8. The Hall–Kier alpha value is -2.57. The van der Waals surface area contributed by atoms with Crippen LogP contribution in [0.15, 0.2) is 43.1 Å². The Kier molecular flexibility index (Phi) is 7.39. The fraction of sp³-hybridized carbons (Fsp3) is 0.519. The van der Waals surface area contributed by atoms with Gasteiger partial charge in [-0.05, 0) is 49.3 Å². The zero-order chi connectivity index (χ0) is 24.5. The van der Waals surface area contributed by atoms with E-state index in [9.17, 15) is 15.0 Å². The van der Waals surface area contributed by atoms with Gasteiger partial charge in [0.25, 0.3) is 0 Å². The van der Waals surface area contributed by atoms with Crippen LogP contribution in [0.2, 0.25) is 0 Å². The third-order valence-electron chi connectivity index (χ3n) is 7.20. The van der Waals surface area contributed by atoms with Crippen molar-refractivity contribution in [1.82, 2.24) is 10.3 Å². The van der Waals surface area contributed by atoms with Crippen LogP contribution in [0, 0.1) is 5.92 Å². The van der Waals surface area contributed by atoms with Crippen molar-refractivity contribution in [2.24, 2.45) is 5.92 Å². The van der Waals surface area contributed by atoms with Crippen LogP contribution in [-0.4, -0.2) is 52.9 Å². The number of H-pyrrole nitrogens is 1. The molecule has 2 heterocycles. The van der Waals surface area contributed by atoms with Gasteiger partial charge in [-0.1, -0.05) is 45.1 Å². The van der Waals surface area contributed by atoms with Crippen molar-refractivity contribution >= 4 is 22.5 Å². The first-order valence-corrected chi connectivity index (χ1v) is 11.8. The van der Waals surface area contributed by atoms with Crippen LogP contribution in [0.4, 0.5) is 5.69 Å². The number of aromatic amines is 1. The van der Waals surface area contributed by atoms with Crippen LogP contribution in [-0.2, 0) is 16.6 Å². The van der Waals surface area contributed by atoms with E-state index in [2.05, 4.69) is 47.4 Å². The summed E-state index contributed by atoms with van der Waals surface area (Å²) in [6, 6.07) is 3.50. The predicted octanol–water partition coefficient (Wildman–Crippen LogP) is 3.82. The minimum atomic E-state index is -0.548. The van der Waals surface area contributed by atoms with E-state index in [1.54, 1.807) is 0 Å². The molecule has 0 bridgehead atoms. The van der Waals surface area contributed by atoms with Gasteiger partial charge in [0.1, 0.15) is 6.04 Å². The maximum absolute atomic E-state index is 13.1. The van der Waals surface area contributed by atoms with Gasteiger partial charge >= 0.3 is 0 Å². The van der Waals surface area contributed by atoms with E-state index < -0.39 is 6.10 Å². The van der Waals surface area contributed by atoms with Crippen molar-refractivity contribution < 1.29 is 15.0 Å². The topological polar surface area (TPSA) is 88.6 Å². The van der Waals surface area contributed by atoms with E-state index in [1.807, 2.05) is 40.1 Å². The molecule has 6 nitrogen and oxygen atoms in total. The molecular formula is C27H39N3O3. The first-order chi connectivity index (χ1) is 15.5. The SMILES string of the molecule is C=CC(C)(CCC(O)C(=C)C)c1ccc2c3c(c[nH]c13)CC(CO)NC(=O)C(C(C)C)N2C. The van der Waals surface area contributed by atoms with Crippen LogP contribution in [0.1, 0.15) is 51.7 Å². The maximum atomic E-state index is 13.1. The van der Waals surface area contributed by atoms with Gasteiger partial charge in [0.15, 0.2) is 0 Å². The minimum absolute atomic E-state index is 0.0670. The predicted molar refractivity (Wildman–Crippen MR) is 136 cm³/mol. The largest absolute Gasteiger partial charge is 0.394 e. The fourth-order valence-corrected chi connectivity index (χ4v) is 5.05. The van der Waals surface area contributed by atoms with Crippen LogP contribution >= 0.6 is 0 Å². The highest BCUT2D eigenvalue weighted by atomic mass is 16.3. The Morgan fingerprint density at radius 1 is 1.39 bits per heavy atom. The lowest BCUT2D eigenvalue weighted by molar-refractivity contribution is -0.124. The van der Waals surface area contributed by atoms with Gasteiger partial charge in [-0.3, -0.25) is 4.79 Å². The summed E-state index contributed by atoms with van der Waals surface area (Å²) in [4.78, 5) is 18.6. The third kappa shape index (κ3) is 4.73. The Morgan fingerprint density at radius 3 is 2.67 bits per heavy atom. The molecule has 1 aliphatic heterocycles. The number of nitrogens with zero attached hydrogens (tertiary/aromatic N) is 1. The summed E-state index contributed by atoms with van der Waals surface area (Å²) in [6.07, 6.45) is 5.24. The van der Waals surface area contributed by atoms with Gasteiger partial charge in [0, 0.05) is 29.7 Å². The van der Waals surface area contributed by atoms with Gasteiger partial charge in [-0.2, -0.15) is 0 Å². The second-order valence-electron chi connectivity index (χ2n) is 10.1. The number of aromatic nitrogens is 1. The van der Waals surface area contributed by atoms with E-state index in [4.69, 9.17) is 0 Å². The van der Waals surface area contributed by atoms with Crippen LogP contribution < -0.4 is 10.2 Å². The van der Waals surface area contributed by atoms with E-state index in [1.165, 1.54) is 0 Å². The summed E-state index contributed by atoms with van der Waals surface area (Å²) < 4.78 is 0. The van der Waals surface area contributed by atoms with Gasteiger partial charge < -0.3 is 25.4 Å². The molecule has 1 aromatic heterocycles. The van der Waals surface area contributed by atoms with Crippen LogP contribution in [0.25, 0.3) is 10.9 Å². The number of allylic oxidation sites excluding steroid dienone is 1. The second-order valence-corrected chi connectivity index (χ2v) is 10.1. The van der Waals surface area contributed by atoms with Gasteiger partial charge in [-0.25, -0.2) is 0 Å². The van der Waals surface area contributed by atoms with Crippen LogP contribution in [0.5, 0.6) is 0 Å². The van der Waals surface area contributed by atoms with Crippen molar-refractivity contribution in [3.8, 4) is 0 Å². The second kappa shape index (κ2) is 9.74. The molecule has 0 aliphatic carbocycles. The minimum Gasteiger partial charge on any atom is -0.394 e. The molecular weight excluding hydrogens is 414 g/mol. The third-order valence-corrected chi connectivity index (χ3v) is 7.20. The Balaban J connectivity index is 2.17. The maximum Gasteiger partial charge on any atom is 0.243 e. The summed E-state index contributed by atoms with van der Waals surface area (Å²) in [7, 11) is 1.96. The van der Waals surface area contributed by atoms with Gasteiger partial charge in [-0.15, -0.1) is 6.58 Å². The molecule has 0 radical (unpaired) electrons. The number of likely N-dealkylation sites (N-methyl/N-ethyl adjacent to an activating group) is 1. The van der Waals surface area contributed by atoms with E-state index in [-0.39, 0.29) is 35.9 Å². The molecule has 1 aromatic carbocycles. The molecule has 180 valence electrons. The normalized spacial score (nSPS) is 21.7. The molecule has 0 fully saturated rings. The molecule has 2 aromatic rings. The Labute approximate surface area is 197 Å². The summed E-state index contributed by atoms with van der Waals surface area (Å²) in [5, 5.41) is 24.4. The fourth-order valence-electron chi connectivity index (χ4n) is 5.05. The van der Waals surface area contributed by atoms with Gasteiger partial charge in [0.05, 0.1) is 24.3 Å². The average Bonchev–Trinajstić information content (AvgIpc) is 3.19. The van der Waals surface area contributed by atoms with Crippen molar-refractivity contribution in [2.75, 3.05) is 18.6 Å². The molecule has 4 atom stereocenters. The summed E-state index contributed by atoms with van der Waals surface area (Å²) in [5.41, 5.74) is 4.56. The highest BCUT2D eigenvalue weighted by Gasteiger charge is 2.34. The monoisotopic (exact) mass is 453 g/mol. The lowest BCUT2D eigenvalue weighted by Crippen LogP contribution is -2.52. The smallest absolute Gasteiger partial charge is 0.243 e. The molecule has 6 heteroatoms. The Morgan fingerprint density at radius 2 is 2.09 bits per heavy atom. The van der Waals surface area contributed by atoms with E-state index >= 15 is 0 Å². The lowest BCUT2D eigenvalue weighted by atomic mass is 9.76. The summed E-state index contributed by atoms with van der Waals surface area (Å²) >= 11 is 0. The first-order valence-electron chi connectivity index (χ1n) is 11.8. The number of hydrogen-bond acceptors (Lipinski definition) is 4. The number of carbonyl (C=O) groups excluding carboxylic acids is 1. The molecule has 0 saturated carbocycles. The van der Waals surface area contributed by atoms with Gasteiger partial charge in [0.2, 0.25) is 5.91 Å².